The Kier molecular flexibility index (Phi) is 5.07. The summed E-state index contributed by atoms with van der Waals surface area (Å²) < 4.78 is 0. The van der Waals surface area contributed by atoms with Gasteiger partial charge in [0.1, 0.15) is 0 Å². The van der Waals surface area contributed by atoms with Crippen LogP contribution in [-0.2, 0) is 0 Å². The number of hydrogen-bond donors (Lipinski definition) is 2. The molecule has 0 atom stereocenters. The molecule has 16 heavy (non-hydrogen) atoms. The molecule has 3 heteroatoms. The molecule has 1 saturated carbocycles. The molecule has 0 bridgehead atoms. The summed E-state index contributed by atoms with van der Waals surface area (Å²) in [5, 5.41) is 12.6. The molecule has 0 radical (unpaired) electrons. The molecular formula is C13H26N2O. The van der Waals surface area contributed by atoms with Gasteiger partial charge in [0.25, 0.3) is 0 Å². The summed E-state index contributed by atoms with van der Waals surface area (Å²) in [6.07, 6.45) is 8.24. The van der Waals surface area contributed by atoms with Crippen LogP contribution < -0.4 is 5.32 Å². The van der Waals surface area contributed by atoms with Crippen molar-refractivity contribution in [2.24, 2.45) is 5.92 Å². The Labute approximate surface area is 99.2 Å². The molecule has 94 valence electrons. The van der Waals surface area contributed by atoms with Crippen molar-refractivity contribution in [3.05, 3.63) is 0 Å². The van der Waals surface area contributed by atoms with E-state index < -0.39 is 0 Å². The van der Waals surface area contributed by atoms with Gasteiger partial charge in [0.15, 0.2) is 0 Å². The Morgan fingerprint density at radius 1 is 1.06 bits per heavy atom. The van der Waals surface area contributed by atoms with E-state index in [1.54, 1.807) is 0 Å². The van der Waals surface area contributed by atoms with Crippen molar-refractivity contribution in [1.29, 1.82) is 0 Å². The average molecular weight is 226 g/mol. The fraction of sp³-hybridized carbons (Fsp3) is 1.00. The van der Waals surface area contributed by atoms with Gasteiger partial charge >= 0.3 is 0 Å². The van der Waals surface area contributed by atoms with Gasteiger partial charge in [-0.25, -0.2) is 0 Å². The van der Waals surface area contributed by atoms with Crippen molar-refractivity contribution < 1.29 is 5.11 Å². The predicted octanol–water partition coefficient (Wildman–Crippen LogP) is 1.22. The molecule has 2 rings (SSSR count). The van der Waals surface area contributed by atoms with Crippen LogP contribution in [0.5, 0.6) is 0 Å². The maximum absolute atomic E-state index is 8.88. The zero-order valence-electron chi connectivity index (χ0n) is 10.3. The lowest BCUT2D eigenvalue weighted by Gasteiger charge is -2.32. The van der Waals surface area contributed by atoms with Crippen LogP contribution in [0.3, 0.4) is 0 Å². The molecule has 3 nitrogen and oxygen atoms in total. The minimum atomic E-state index is 0.311. The summed E-state index contributed by atoms with van der Waals surface area (Å²) in [6, 6.07) is 0.815. The second-order valence-electron chi connectivity index (χ2n) is 5.40. The Morgan fingerprint density at radius 3 is 2.38 bits per heavy atom. The highest BCUT2D eigenvalue weighted by Gasteiger charge is 2.20. The molecule has 0 aromatic carbocycles. The molecule has 1 heterocycles. The molecule has 2 N–H and O–H groups in total. The number of hydrogen-bond acceptors (Lipinski definition) is 3. The van der Waals surface area contributed by atoms with Crippen LogP contribution >= 0.6 is 0 Å². The number of nitrogens with one attached hydrogen (secondary N) is 1. The van der Waals surface area contributed by atoms with E-state index >= 15 is 0 Å². The van der Waals surface area contributed by atoms with Crippen molar-refractivity contribution in [3.63, 3.8) is 0 Å². The van der Waals surface area contributed by atoms with Gasteiger partial charge in [-0.3, -0.25) is 0 Å². The first-order valence-electron chi connectivity index (χ1n) is 6.95. The molecule has 0 aromatic heterocycles. The van der Waals surface area contributed by atoms with Gasteiger partial charge in [0.2, 0.25) is 0 Å². The monoisotopic (exact) mass is 226 g/mol. The lowest BCUT2D eigenvalue weighted by Crippen LogP contribution is -2.40. The lowest BCUT2D eigenvalue weighted by atomic mass is 9.96. The van der Waals surface area contributed by atoms with Crippen LogP contribution in [0.15, 0.2) is 0 Å². The van der Waals surface area contributed by atoms with Crippen LogP contribution in [0.4, 0.5) is 0 Å². The van der Waals surface area contributed by atoms with E-state index in [0.717, 1.165) is 18.5 Å². The van der Waals surface area contributed by atoms with Gasteiger partial charge in [-0.1, -0.05) is 12.8 Å². The largest absolute Gasteiger partial charge is 0.395 e. The van der Waals surface area contributed by atoms with E-state index in [-0.39, 0.29) is 0 Å². The summed E-state index contributed by atoms with van der Waals surface area (Å²) in [5.74, 6) is 0.871. The van der Waals surface area contributed by atoms with Gasteiger partial charge in [0.05, 0.1) is 6.61 Å². The molecule has 1 saturated heterocycles. The van der Waals surface area contributed by atoms with Crippen LogP contribution in [0.1, 0.15) is 38.5 Å². The maximum Gasteiger partial charge on any atom is 0.0558 e. The van der Waals surface area contributed by atoms with Crippen LogP contribution in [-0.4, -0.2) is 48.8 Å². The van der Waals surface area contributed by atoms with E-state index in [4.69, 9.17) is 5.11 Å². The SMILES string of the molecule is OCCN1CCC(CNC2CCCC2)CC1. The topological polar surface area (TPSA) is 35.5 Å². The predicted molar refractivity (Wildman–Crippen MR) is 66.5 cm³/mol. The molecule has 2 aliphatic rings. The van der Waals surface area contributed by atoms with Gasteiger partial charge in [0, 0.05) is 12.6 Å². The van der Waals surface area contributed by atoms with E-state index in [0.29, 0.717) is 6.61 Å². The highest BCUT2D eigenvalue weighted by atomic mass is 16.3. The van der Waals surface area contributed by atoms with Crippen molar-refractivity contribution in [2.45, 2.75) is 44.6 Å². The van der Waals surface area contributed by atoms with Crippen LogP contribution in [0.2, 0.25) is 0 Å². The standard InChI is InChI=1S/C13H26N2O/c16-10-9-15-7-5-12(6-8-15)11-14-13-3-1-2-4-13/h12-14,16H,1-11H2. The minimum Gasteiger partial charge on any atom is -0.395 e. The van der Waals surface area contributed by atoms with E-state index in [1.165, 1.54) is 58.2 Å². The van der Waals surface area contributed by atoms with E-state index in [1.807, 2.05) is 0 Å². The van der Waals surface area contributed by atoms with Gasteiger partial charge in [-0.05, 0) is 51.2 Å². The molecule has 0 unspecified atom stereocenters. The Morgan fingerprint density at radius 2 is 1.75 bits per heavy atom. The third kappa shape index (κ3) is 3.72. The summed E-state index contributed by atoms with van der Waals surface area (Å²) in [7, 11) is 0. The molecule has 2 fully saturated rings. The number of piperidine rings is 1. The molecular weight excluding hydrogens is 200 g/mol. The maximum atomic E-state index is 8.88. The summed E-state index contributed by atoms with van der Waals surface area (Å²) in [5.41, 5.74) is 0. The zero-order chi connectivity index (χ0) is 11.2. The van der Waals surface area contributed by atoms with Crippen LogP contribution in [0, 0.1) is 5.92 Å². The molecule has 0 amide bonds. The third-order valence-electron chi connectivity index (χ3n) is 4.17. The quantitative estimate of drug-likeness (QED) is 0.740. The Bertz CT molecular complexity index is 184. The molecule has 0 aromatic rings. The van der Waals surface area contributed by atoms with Crippen molar-refractivity contribution >= 4 is 0 Å². The molecule has 0 spiro atoms. The molecule has 1 aliphatic carbocycles. The van der Waals surface area contributed by atoms with Gasteiger partial charge in [-0.15, -0.1) is 0 Å². The average Bonchev–Trinajstić information content (AvgIpc) is 2.82. The highest BCUT2D eigenvalue weighted by Crippen LogP contribution is 2.20. The number of aliphatic hydroxyl groups is 1. The first-order chi connectivity index (χ1) is 7.88. The number of aliphatic hydroxyl groups excluding tert-OH is 1. The normalized spacial score (nSPS) is 25.3. The van der Waals surface area contributed by atoms with E-state index in [9.17, 15) is 0 Å². The smallest absolute Gasteiger partial charge is 0.0558 e. The third-order valence-corrected chi connectivity index (χ3v) is 4.17. The number of nitrogens with zero attached hydrogens (tertiary/aromatic N) is 1. The Balaban J connectivity index is 1.57. The first-order valence-corrected chi connectivity index (χ1v) is 6.95. The summed E-state index contributed by atoms with van der Waals surface area (Å²) in [6.45, 7) is 4.75. The van der Waals surface area contributed by atoms with E-state index in [2.05, 4.69) is 10.2 Å². The van der Waals surface area contributed by atoms with Crippen molar-refractivity contribution in [1.82, 2.24) is 10.2 Å². The van der Waals surface area contributed by atoms with Crippen molar-refractivity contribution in [3.8, 4) is 0 Å². The second kappa shape index (κ2) is 6.58. The molecule has 1 aliphatic heterocycles. The highest BCUT2D eigenvalue weighted by molar-refractivity contribution is 4.78. The van der Waals surface area contributed by atoms with Gasteiger partial charge < -0.3 is 15.3 Å². The first kappa shape index (κ1) is 12.3. The van der Waals surface area contributed by atoms with Gasteiger partial charge in [-0.2, -0.15) is 0 Å². The van der Waals surface area contributed by atoms with Crippen molar-refractivity contribution in [2.75, 3.05) is 32.8 Å². The number of likely N-dealkylation sites (tertiary alicyclic amines) is 1. The minimum absolute atomic E-state index is 0.311. The number of β-amino-alcohol motifs (C(OH)–C–C–N with tert-alkyl or cyclic N) is 1. The fourth-order valence-electron chi connectivity index (χ4n) is 3.02. The lowest BCUT2D eigenvalue weighted by molar-refractivity contribution is 0.145. The zero-order valence-corrected chi connectivity index (χ0v) is 10.3. The van der Waals surface area contributed by atoms with Crippen LogP contribution in [0.25, 0.3) is 0 Å². The second-order valence-corrected chi connectivity index (χ2v) is 5.40. The number of rotatable bonds is 5. The summed E-state index contributed by atoms with van der Waals surface area (Å²) >= 11 is 0. The Hall–Kier alpha value is -0.120. The fourth-order valence-corrected chi connectivity index (χ4v) is 3.02. The summed E-state index contributed by atoms with van der Waals surface area (Å²) in [4.78, 5) is 2.38.